The summed E-state index contributed by atoms with van der Waals surface area (Å²) >= 11 is 5.51. The van der Waals surface area contributed by atoms with Crippen LogP contribution in [0.1, 0.15) is 21.6 Å². The van der Waals surface area contributed by atoms with Gasteiger partial charge in [0, 0.05) is 6.20 Å². The van der Waals surface area contributed by atoms with E-state index >= 15 is 0 Å². The van der Waals surface area contributed by atoms with Crippen molar-refractivity contribution >= 4 is 17.9 Å². The maximum Gasteiger partial charge on any atom is 0.418 e. The number of hydrogen-bond donors (Lipinski definition) is 0. The van der Waals surface area contributed by atoms with Gasteiger partial charge in [-0.1, -0.05) is 11.6 Å². The zero-order valence-corrected chi connectivity index (χ0v) is 7.78. The topological polar surface area (TPSA) is 30.0 Å². The average molecular weight is 224 g/mol. The van der Waals surface area contributed by atoms with Gasteiger partial charge in [-0.15, -0.1) is 0 Å². The summed E-state index contributed by atoms with van der Waals surface area (Å²) in [4.78, 5) is 13.6. The van der Waals surface area contributed by atoms with E-state index in [-0.39, 0.29) is 16.3 Å². The summed E-state index contributed by atoms with van der Waals surface area (Å²) < 4.78 is 36.8. The molecule has 0 aliphatic heterocycles. The van der Waals surface area contributed by atoms with Gasteiger partial charge in [0.15, 0.2) is 6.29 Å². The first kappa shape index (κ1) is 11.0. The molecule has 0 saturated carbocycles. The highest BCUT2D eigenvalue weighted by Gasteiger charge is 2.34. The van der Waals surface area contributed by atoms with Gasteiger partial charge in [-0.2, -0.15) is 13.2 Å². The minimum absolute atomic E-state index is 0.183. The lowest BCUT2D eigenvalue weighted by Crippen LogP contribution is -2.09. The molecule has 0 radical (unpaired) electrons. The molecule has 0 aliphatic rings. The number of aldehydes is 1. The highest BCUT2D eigenvalue weighted by molar-refractivity contribution is 6.33. The molecule has 0 N–H and O–H groups in total. The van der Waals surface area contributed by atoms with Crippen molar-refractivity contribution in [2.24, 2.45) is 0 Å². The van der Waals surface area contributed by atoms with Crippen LogP contribution >= 0.6 is 11.6 Å². The van der Waals surface area contributed by atoms with Crippen molar-refractivity contribution < 1.29 is 18.0 Å². The van der Waals surface area contributed by atoms with Crippen LogP contribution in [0, 0.1) is 6.92 Å². The molecule has 2 nitrogen and oxygen atoms in total. The first-order valence-corrected chi connectivity index (χ1v) is 3.93. The van der Waals surface area contributed by atoms with Gasteiger partial charge in [0.25, 0.3) is 0 Å². The van der Waals surface area contributed by atoms with Crippen LogP contribution < -0.4 is 0 Å². The smallest absolute Gasteiger partial charge is 0.296 e. The van der Waals surface area contributed by atoms with Gasteiger partial charge in [0.2, 0.25) is 0 Å². The van der Waals surface area contributed by atoms with Gasteiger partial charge in [-0.05, 0) is 12.5 Å². The minimum atomic E-state index is -4.50. The van der Waals surface area contributed by atoms with Crippen LogP contribution in [0.2, 0.25) is 5.02 Å². The van der Waals surface area contributed by atoms with Gasteiger partial charge < -0.3 is 0 Å². The standard InChI is InChI=1S/C8H5ClF3NO/c1-4-5(8(10,11)12)2-13-6(3-14)7(4)9/h2-3H,1H3. The summed E-state index contributed by atoms with van der Waals surface area (Å²) in [5, 5.41) is -0.255. The van der Waals surface area contributed by atoms with Crippen LogP contribution in [-0.2, 0) is 6.18 Å². The lowest BCUT2D eigenvalue weighted by Gasteiger charge is -2.11. The van der Waals surface area contributed by atoms with Crippen molar-refractivity contribution in [2.45, 2.75) is 13.1 Å². The normalized spacial score (nSPS) is 11.5. The van der Waals surface area contributed by atoms with E-state index < -0.39 is 11.7 Å². The molecular weight excluding hydrogens is 219 g/mol. The quantitative estimate of drug-likeness (QED) is 0.686. The van der Waals surface area contributed by atoms with Gasteiger partial charge in [-0.3, -0.25) is 9.78 Å². The Hall–Kier alpha value is -1.10. The zero-order chi connectivity index (χ0) is 10.9. The van der Waals surface area contributed by atoms with Gasteiger partial charge >= 0.3 is 6.18 Å². The first-order valence-electron chi connectivity index (χ1n) is 3.55. The average Bonchev–Trinajstić information content (AvgIpc) is 2.07. The van der Waals surface area contributed by atoms with E-state index in [9.17, 15) is 18.0 Å². The second-order valence-corrected chi connectivity index (χ2v) is 2.99. The van der Waals surface area contributed by atoms with Crippen molar-refractivity contribution in [1.82, 2.24) is 4.98 Å². The Labute approximate surface area is 82.7 Å². The second-order valence-electron chi connectivity index (χ2n) is 2.61. The summed E-state index contributed by atoms with van der Waals surface area (Å²) in [6.45, 7) is 1.19. The summed E-state index contributed by atoms with van der Waals surface area (Å²) in [5.41, 5.74) is -1.29. The fourth-order valence-electron chi connectivity index (χ4n) is 0.966. The molecule has 0 fully saturated rings. The highest BCUT2D eigenvalue weighted by atomic mass is 35.5. The molecule has 6 heteroatoms. The number of carbonyl (C=O) groups is 1. The molecule has 1 aromatic rings. The van der Waals surface area contributed by atoms with Gasteiger partial charge in [-0.25, -0.2) is 0 Å². The highest BCUT2D eigenvalue weighted by Crippen LogP contribution is 2.34. The van der Waals surface area contributed by atoms with Crippen LogP contribution in [-0.4, -0.2) is 11.3 Å². The van der Waals surface area contributed by atoms with Crippen LogP contribution in [0.4, 0.5) is 13.2 Å². The number of hydrogen-bond acceptors (Lipinski definition) is 2. The Bertz CT molecular complexity index is 376. The monoisotopic (exact) mass is 223 g/mol. The van der Waals surface area contributed by atoms with E-state index in [0.717, 1.165) is 0 Å². The molecule has 0 amide bonds. The van der Waals surface area contributed by atoms with Crippen LogP contribution in [0.15, 0.2) is 6.20 Å². The summed E-state index contributed by atoms with van der Waals surface area (Å²) in [5.74, 6) is 0. The van der Waals surface area contributed by atoms with E-state index in [1.165, 1.54) is 6.92 Å². The minimum Gasteiger partial charge on any atom is -0.296 e. The third-order valence-electron chi connectivity index (χ3n) is 1.71. The van der Waals surface area contributed by atoms with Crippen molar-refractivity contribution in [2.75, 3.05) is 0 Å². The van der Waals surface area contributed by atoms with E-state index in [4.69, 9.17) is 11.6 Å². The summed E-state index contributed by atoms with van der Waals surface area (Å²) in [6.07, 6.45) is -3.58. The van der Waals surface area contributed by atoms with Gasteiger partial charge in [0.05, 0.1) is 10.6 Å². The molecule has 1 aromatic heterocycles. The number of aromatic nitrogens is 1. The number of pyridine rings is 1. The predicted molar refractivity (Wildman–Crippen MR) is 44.4 cm³/mol. The van der Waals surface area contributed by atoms with E-state index in [0.29, 0.717) is 12.5 Å². The second kappa shape index (κ2) is 3.57. The van der Waals surface area contributed by atoms with E-state index in [2.05, 4.69) is 4.98 Å². The van der Waals surface area contributed by atoms with Crippen molar-refractivity contribution in [3.05, 3.63) is 28.0 Å². The summed E-state index contributed by atoms with van der Waals surface area (Å²) in [6, 6.07) is 0. The maximum atomic E-state index is 12.3. The Morgan fingerprint density at radius 1 is 1.50 bits per heavy atom. The van der Waals surface area contributed by atoms with Gasteiger partial charge in [0.1, 0.15) is 5.69 Å². The predicted octanol–water partition coefficient (Wildman–Crippen LogP) is 2.87. The molecule has 0 saturated heterocycles. The first-order chi connectivity index (χ1) is 6.38. The van der Waals surface area contributed by atoms with Crippen LogP contribution in [0.25, 0.3) is 0 Å². The lowest BCUT2D eigenvalue weighted by molar-refractivity contribution is -0.138. The molecule has 14 heavy (non-hydrogen) atoms. The van der Waals surface area contributed by atoms with Crippen molar-refractivity contribution in [3.8, 4) is 0 Å². The van der Waals surface area contributed by atoms with Crippen LogP contribution in [0.3, 0.4) is 0 Å². The molecule has 1 rings (SSSR count). The molecule has 76 valence electrons. The number of nitrogens with zero attached hydrogens (tertiary/aromatic N) is 1. The zero-order valence-electron chi connectivity index (χ0n) is 7.02. The number of halogens is 4. The fourth-order valence-corrected chi connectivity index (χ4v) is 1.16. The molecule has 1 heterocycles. The Morgan fingerprint density at radius 3 is 2.50 bits per heavy atom. The van der Waals surface area contributed by atoms with Crippen molar-refractivity contribution in [3.63, 3.8) is 0 Å². The summed E-state index contributed by atoms with van der Waals surface area (Å²) in [7, 11) is 0. The Kier molecular flexibility index (Phi) is 2.80. The molecule has 0 bridgehead atoms. The lowest BCUT2D eigenvalue weighted by atomic mass is 10.1. The van der Waals surface area contributed by atoms with E-state index in [1.54, 1.807) is 0 Å². The van der Waals surface area contributed by atoms with Crippen molar-refractivity contribution in [1.29, 1.82) is 0 Å². The number of alkyl halides is 3. The Balaban J connectivity index is 3.38. The maximum absolute atomic E-state index is 12.3. The number of carbonyl (C=O) groups excluding carboxylic acids is 1. The largest absolute Gasteiger partial charge is 0.418 e. The third kappa shape index (κ3) is 1.87. The molecule has 0 spiro atoms. The Morgan fingerprint density at radius 2 is 2.07 bits per heavy atom. The molecule has 0 atom stereocenters. The molecule has 0 aromatic carbocycles. The number of rotatable bonds is 1. The molecular formula is C8H5ClF3NO. The molecule has 0 aliphatic carbocycles. The van der Waals surface area contributed by atoms with E-state index in [1.807, 2.05) is 0 Å². The fraction of sp³-hybridized carbons (Fsp3) is 0.250. The third-order valence-corrected chi connectivity index (χ3v) is 2.18. The molecule has 0 unspecified atom stereocenters. The van der Waals surface area contributed by atoms with Crippen LogP contribution in [0.5, 0.6) is 0 Å². The SMILES string of the molecule is Cc1c(C(F)(F)F)cnc(C=O)c1Cl.